The highest BCUT2D eigenvalue weighted by Crippen LogP contribution is 2.10. The first-order chi connectivity index (χ1) is 8.89. The second-order valence-corrected chi connectivity index (χ2v) is 7.00. The molecular weight excluding hydrogens is 270 g/mol. The van der Waals surface area contributed by atoms with Crippen LogP contribution >= 0.6 is 0 Å². The molecule has 0 bridgehead atoms. The highest BCUT2D eigenvalue weighted by atomic mass is 32.2. The monoisotopic (exact) mass is 287 g/mol. The molecule has 0 aromatic carbocycles. The van der Waals surface area contributed by atoms with Crippen LogP contribution in [0.25, 0.3) is 0 Å². The molecule has 19 heavy (non-hydrogen) atoms. The summed E-state index contributed by atoms with van der Waals surface area (Å²) in [5, 5.41) is 3.10. The SMILES string of the molecule is Cn1ccn(CCNC2CCS(=O)(=O)C2)c(=O)c1=O. The van der Waals surface area contributed by atoms with E-state index in [0.29, 0.717) is 19.5 Å². The number of hydrogen-bond acceptors (Lipinski definition) is 5. The van der Waals surface area contributed by atoms with Crippen molar-refractivity contribution in [2.24, 2.45) is 7.05 Å². The fourth-order valence-corrected chi connectivity index (χ4v) is 3.82. The highest BCUT2D eigenvalue weighted by Gasteiger charge is 2.27. The summed E-state index contributed by atoms with van der Waals surface area (Å²) in [5.74, 6) is 0.370. The molecule has 0 spiro atoms. The zero-order valence-corrected chi connectivity index (χ0v) is 11.5. The van der Waals surface area contributed by atoms with Crippen LogP contribution in [0, 0.1) is 0 Å². The molecule has 1 aromatic rings. The summed E-state index contributed by atoms with van der Waals surface area (Å²) in [6, 6.07) is -0.0488. The Hall–Kier alpha value is -1.41. The van der Waals surface area contributed by atoms with Gasteiger partial charge in [0.15, 0.2) is 9.84 Å². The van der Waals surface area contributed by atoms with Crippen LogP contribution in [0.15, 0.2) is 22.0 Å². The van der Waals surface area contributed by atoms with Crippen LogP contribution in [-0.4, -0.2) is 41.6 Å². The molecule has 0 amide bonds. The first-order valence-corrected chi connectivity index (χ1v) is 7.91. The summed E-state index contributed by atoms with van der Waals surface area (Å²) < 4.78 is 25.1. The Bertz CT molecular complexity index is 674. The number of nitrogens with zero attached hydrogens (tertiary/aromatic N) is 2. The van der Waals surface area contributed by atoms with E-state index >= 15 is 0 Å². The Balaban J connectivity index is 1.92. The summed E-state index contributed by atoms with van der Waals surface area (Å²) in [5.41, 5.74) is -1.13. The Morgan fingerprint density at radius 3 is 2.68 bits per heavy atom. The summed E-state index contributed by atoms with van der Waals surface area (Å²) >= 11 is 0. The molecule has 1 unspecified atom stereocenters. The standard InChI is InChI=1S/C11H17N3O4S/c1-13-5-6-14(11(16)10(13)15)4-3-12-9-2-7-19(17,18)8-9/h5-6,9,12H,2-4,7-8H2,1H3. The minimum atomic E-state index is -2.90. The zero-order chi connectivity index (χ0) is 14.0. The fourth-order valence-electron chi connectivity index (χ4n) is 2.11. The van der Waals surface area contributed by atoms with Gasteiger partial charge in [-0.3, -0.25) is 9.59 Å². The Morgan fingerprint density at radius 1 is 1.32 bits per heavy atom. The largest absolute Gasteiger partial charge is 0.316 e. The van der Waals surface area contributed by atoms with E-state index in [1.165, 1.54) is 22.4 Å². The normalized spacial score (nSPS) is 21.6. The number of hydrogen-bond donors (Lipinski definition) is 1. The predicted octanol–water partition coefficient (Wildman–Crippen LogP) is -1.68. The molecule has 2 rings (SSSR count). The van der Waals surface area contributed by atoms with Gasteiger partial charge >= 0.3 is 11.1 Å². The Kier molecular flexibility index (Phi) is 3.91. The number of nitrogens with one attached hydrogen (secondary N) is 1. The lowest BCUT2D eigenvalue weighted by Gasteiger charge is -2.11. The van der Waals surface area contributed by atoms with Gasteiger partial charge in [-0.25, -0.2) is 8.42 Å². The molecule has 7 nitrogen and oxygen atoms in total. The average molecular weight is 287 g/mol. The van der Waals surface area contributed by atoms with Crippen molar-refractivity contribution < 1.29 is 8.42 Å². The quantitative estimate of drug-likeness (QED) is 0.668. The van der Waals surface area contributed by atoms with Gasteiger partial charge in [0.05, 0.1) is 11.5 Å². The molecule has 1 saturated heterocycles. The summed E-state index contributed by atoms with van der Waals surface area (Å²) in [4.78, 5) is 23.0. The van der Waals surface area contributed by atoms with E-state index < -0.39 is 21.0 Å². The fraction of sp³-hybridized carbons (Fsp3) is 0.636. The second kappa shape index (κ2) is 5.30. The van der Waals surface area contributed by atoms with Gasteiger partial charge in [-0.05, 0) is 6.42 Å². The average Bonchev–Trinajstić information content (AvgIpc) is 2.69. The molecule has 2 heterocycles. The summed E-state index contributed by atoms with van der Waals surface area (Å²) in [6.45, 7) is 0.818. The van der Waals surface area contributed by atoms with Crippen molar-refractivity contribution in [2.45, 2.75) is 19.0 Å². The molecule has 0 radical (unpaired) electrons. The molecule has 1 atom stereocenters. The summed E-state index contributed by atoms with van der Waals surface area (Å²) in [6.07, 6.45) is 3.69. The van der Waals surface area contributed by atoms with E-state index in [1.807, 2.05) is 0 Å². The molecule has 1 fully saturated rings. The molecule has 106 valence electrons. The third kappa shape index (κ3) is 3.32. The van der Waals surface area contributed by atoms with E-state index in [9.17, 15) is 18.0 Å². The number of aromatic nitrogens is 2. The minimum Gasteiger partial charge on any atom is -0.312 e. The van der Waals surface area contributed by atoms with Crippen molar-refractivity contribution in [1.29, 1.82) is 0 Å². The second-order valence-electron chi connectivity index (χ2n) is 4.77. The van der Waals surface area contributed by atoms with Crippen molar-refractivity contribution in [1.82, 2.24) is 14.5 Å². The van der Waals surface area contributed by atoms with Gasteiger partial charge in [-0.15, -0.1) is 0 Å². The summed E-state index contributed by atoms with van der Waals surface area (Å²) in [7, 11) is -1.37. The number of sulfone groups is 1. The van der Waals surface area contributed by atoms with Gasteiger partial charge in [-0.2, -0.15) is 0 Å². The molecule has 0 saturated carbocycles. The molecule has 1 aromatic heterocycles. The molecule has 1 N–H and O–H groups in total. The maximum Gasteiger partial charge on any atom is 0.316 e. The van der Waals surface area contributed by atoms with Gasteiger partial charge in [0.25, 0.3) is 0 Å². The van der Waals surface area contributed by atoms with Crippen molar-refractivity contribution in [3.05, 3.63) is 33.1 Å². The van der Waals surface area contributed by atoms with Gasteiger partial charge in [0.1, 0.15) is 0 Å². The molecule has 8 heteroatoms. The van der Waals surface area contributed by atoms with Crippen LogP contribution in [0.2, 0.25) is 0 Å². The van der Waals surface area contributed by atoms with E-state index in [2.05, 4.69) is 5.32 Å². The van der Waals surface area contributed by atoms with E-state index in [-0.39, 0.29) is 17.5 Å². The van der Waals surface area contributed by atoms with Crippen LogP contribution in [0.5, 0.6) is 0 Å². The van der Waals surface area contributed by atoms with Gasteiger partial charge in [-0.1, -0.05) is 0 Å². The minimum absolute atomic E-state index is 0.0488. The van der Waals surface area contributed by atoms with Crippen LogP contribution in [-0.2, 0) is 23.4 Å². The van der Waals surface area contributed by atoms with Crippen LogP contribution in [0.1, 0.15) is 6.42 Å². The third-order valence-electron chi connectivity index (χ3n) is 3.25. The smallest absolute Gasteiger partial charge is 0.312 e. The lowest BCUT2D eigenvalue weighted by atomic mass is 10.2. The molecule has 1 aliphatic rings. The maximum absolute atomic E-state index is 11.6. The van der Waals surface area contributed by atoms with Crippen molar-refractivity contribution >= 4 is 9.84 Å². The Morgan fingerprint density at radius 2 is 2.05 bits per heavy atom. The Labute approximate surface area is 110 Å². The van der Waals surface area contributed by atoms with E-state index in [1.54, 1.807) is 6.20 Å². The molecular formula is C11H17N3O4S. The van der Waals surface area contributed by atoms with Crippen LogP contribution in [0.4, 0.5) is 0 Å². The predicted molar refractivity (Wildman–Crippen MR) is 71.0 cm³/mol. The maximum atomic E-state index is 11.6. The lowest BCUT2D eigenvalue weighted by molar-refractivity contribution is 0.509. The van der Waals surface area contributed by atoms with Gasteiger partial charge in [0.2, 0.25) is 0 Å². The van der Waals surface area contributed by atoms with Crippen molar-refractivity contribution in [3.8, 4) is 0 Å². The van der Waals surface area contributed by atoms with E-state index in [0.717, 1.165) is 0 Å². The molecule has 1 aliphatic heterocycles. The highest BCUT2D eigenvalue weighted by molar-refractivity contribution is 7.91. The van der Waals surface area contributed by atoms with Crippen molar-refractivity contribution in [2.75, 3.05) is 18.1 Å². The zero-order valence-electron chi connectivity index (χ0n) is 10.7. The molecule has 0 aliphatic carbocycles. The lowest BCUT2D eigenvalue weighted by Crippen LogP contribution is -2.42. The van der Waals surface area contributed by atoms with Crippen LogP contribution in [0.3, 0.4) is 0 Å². The number of aryl methyl sites for hydroxylation is 1. The van der Waals surface area contributed by atoms with Gasteiger partial charge in [0, 0.05) is 38.6 Å². The van der Waals surface area contributed by atoms with E-state index in [4.69, 9.17) is 0 Å². The third-order valence-corrected chi connectivity index (χ3v) is 5.02. The van der Waals surface area contributed by atoms with Crippen LogP contribution < -0.4 is 16.4 Å². The first kappa shape index (κ1) is 14.0. The topological polar surface area (TPSA) is 90.2 Å². The number of rotatable bonds is 4. The van der Waals surface area contributed by atoms with Gasteiger partial charge < -0.3 is 14.5 Å². The van der Waals surface area contributed by atoms with Crippen molar-refractivity contribution in [3.63, 3.8) is 0 Å². The first-order valence-electron chi connectivity index (χ1n) is 6.09.